The van der Waals surface area contributed by atoms with E-state index < -0.39 is 5.97 Å². The van der Waals surface area contributed by atoms with Crippen LogP contribution in [0.4, 0.5) is 22.7 Å². The maximum absolute atomic E-state index is 12.8. The summed E-state index contributed by atoms with van der Waals surface area (Å²) >= 11 is 6.22. The number of anilines is 4. The third-order valence-electron chi connectivity index (χ3n) is 23.0. The van der Waals surface area contributed by atoms with E-state index in [9.17, 15) is 43.5 Å². The average molecular weight is 2020 g/mol. The van der Waals surface area contributed by atoms with Gasteiger partial charge in [-0.2, -0.15) is 0 Å². The molecule has 6 amide bonds. The molecule has 4 aliphatic rings. The van der Waals surface area contributed by atoms with E-state index in [1.165, 1.54) is 0 Å². The summed E-state index contributed by atoms with van der Waals surface area (Å²) in [6.07, 6.45) is 6.94. The molecule has 0 saturated carbocycles. The fourth-order valence-corrected chi connectivity index (χ4v) is 19.5. The number of amides is 6. The number of carbonyl (C=O) groups is 8. The number of aliphatic hydroxyl groups excluding tert-OH is 3. The van der Waals surface area contributed by atoms with Gasteiger partial charge in [0.25, 0.3) is 35.4 Å². The number of ether oxygens (including phenoxy) is 1. The van der Waals surface area contributed by atoms with Gasteiger partial charge in [0, 0.05) is 132 Å². The number of nitrogens with zero attached hydrogens (tertiary/aromatic N) is 7. The number of carboxylic acid groups (broad SMARTS) is 1. The lowest BCUT2D eigenvalue weighted by molar-refractivity contribution is -0.111. The Hall–Kier alpha value is -16.3. The van der Waals surface area contributed by atoms with Crippen LogP contribution in [0.2, 0.25) is 0 Å². The van der Waals surface area contributed by atoms with Crippen molar-refractivity contribution < 1.29 is 63.5 Å². The molecule has 5 aromatic carbocycles. The van der Waals surface area contributed by atoms with Crippen LogP contribution in [0.5, 0.6) is 0 Å². The van der Waals surface area contributed by atoms with Crippen molar-refractivity contribution in [2.45, 2.75) is 83.1 Å². The number of aromatic nitrogens is 11. The lowest BCUT2D eigenvalue weighted by Crippen LogP contribution is -2.27. The van der Waals surface area contributed by atoms with Crippen LogP contribution in [0.25, 0.3) is 134 Å². The van der Waals surface area contributed by atoms with Gasteiger partial charge in [0.1, 0.15) is 54.2 Å². The third-order valence-corrected chi connectivity index (χ3v) is 26.6. The summed E-state index contributed by atoms with van der Waals surface area (Å²) in [5, 5.41) is 62.3. The Kier molecular flexibility index (Phi) is 34.6. The molecular weight excluding hydrogens is 1910 g/mol. The van der Waals surface area contributed by atoms with Gasteiger partial charge in [-0.1, -0.05) is 134 Å². The molecule has 0 atom stereocenters. The molecule has 20 rings (SSSR count). The standard InChI is InChI=1S/C26H23N5O3S.C26H23N5O2S.C26H22N4O3S.C25H19N3O3S.C2H7NO.C2H7N.C2H6O/c1-14-20(28-15(2)22(14)25(34)27-10-11-32)12-17-23-19(30-24(17)33)9-8-18(29-23)21-13-35-26(31-21)16-6-4-3-5-7-16;1-4-27-25(33)22-14(2)20(28-15(22)3)12-17-23-19(30-24(17)32)11-10-18(29-23)21-13-34-26(31-21)16-8-6-5-7-9-16;1-4-33-26(32)22-14(2)20(27-15(22)3)12-17-23-19(29-24(17)31)11-10-18(28-23)21-13-34-25(30-21)16-8-6-5-7-9-16;1-13-20(26-14(2)22(13)25(30)31)11-18-17-10-16(8-9-19(17)27-23(18)29)21-12-32-24(28-21)15-6-4-3-5-7-15;3-1-2-4;2*1-2-3/h3-9,12-13,28,32H,10-11H2,1-2H3,(H,27,34)(H,30,33);5-13,28H,4H2,1-3H3,(H,27,33)(H,30,32);5-13,27H,4H2,1-3H3,(H,29,31);3-12,26H,1-2H3,(H,27,29)(H,30,31);4H,1-3H2;2-3H2,1H3;3H,2H2,1H3/b3*17-12-;18-11-;;;. The van der Waals surface area contributed by atoms with Crippen LogP contribution >= 0.6 is 45.3 Å². The number of nitrogens with one attached hydrogen (secondary N) is 10. The summed E-state index contributed by atoms with van der Waals surface area (Å²) in [7, 11) is 0. The first-order chi connectivity index (χ1) is 70.0. The number of H-pyrrole nitrogens is 4. The summed E-state index contributed by atoms with van der Waals surface area (Å²) in [6, 6.07) is 56.8. The fourth-order valence-electron chi connectivity index (χ4n) is 16.2. The second kappa shape index (κ2) is 48.0. The van der Waals surface area contributed by atoms with E-state index in [2.05, 4.69) is 51.8 Å². The van der Waals surface area contributed by atoms with Crippen molar-refractivity contribution >= 4 is 162 Å². The second-order valence-corrected chi connectivity index (χ2v) is 36.4. The average Bonchev–Trinajstić information content (AvgIpc) is 1.63. The van der Waals surface area contributed by atoms with Gasteiger partial charge in [-0.3, -0.25) is 28.8 Å². The van der Waals surface area contributed by atoms with Crippen LogP contribution in [0, 0.1) is 55.4 Å². The van der Waals surface area contributed by atoms with Crippen molar-refractivity contribution in [1.29, 1.82) is 0 Å². The van der Waals surface area contributed by atoms with E-state index in [1.807, 2.05) is 246 Å². The number of thiazole rings is 4. The van der Waals surface area contributed by atoms with E-state index in [-0.39, 0.29) is 73.3 Å². The van der Waals surface area contributed by atoms with E-state index in [1.54, 1.807) is 104 Å². The highest BCUT2D eigenvalue weighted by molar-refractivity contribution is 7.14. The summed E-state index contributed by atoms with van der Waals surface area (Å²) in [4.78, 5) is 146. The quantitative estimate of drug-likeness (QED) is 0.0235. The molecule has 16 aromatic rings. The molecule has 145 heavy (non-hydrogen) atoms. The predicted octanol–water partition coefficient (Wildman–Crippen LogP) is 19.1. The number of carboxylic acids is 1. The number of aliphatic hydroxyl groups is 3. The highest BCUT2D eigenvalue weighted by Crippen LogP contribution is 2.43. The molecule has 11 aromatic heterocycles. The normalized spacial score (nSPS) is 13.3. The molecule has 0 aliphatic carbocycles. The molecule has 4 aliphatic heterocycles. The first kappa shape index (κ1) is 105. The molecule has 0 saturated heterocycles. The molecule has 0 bridgehead atoms. The van der Waals surface area contributed by atoms with Crippen LogP contribution in [-0.4, -0.2) is 175 Å². The lowest BCUT2D eigenvalue weighted by atomic mass is 10.0. The number of fused-ring (bicyclic) bond motifs is 4. The minimum absolute atomic E-state index is 0.0972. The van der Waals surface area contributed by atoms with Crippen molar-refractivity contribution in [3.8, 4) is 87.7 Å². The number of pyridine rings is 3. The maximum Gasteiger partial charge on any atom is 0.340 e. The van der Waals surface area contributed by atoms with E-state index in [0.717, 1.165) is 111 Å². The SMILES string of the molecule is CCN.CCNC(=O)c1c(C)[nH]c(/C=C2\C(=O)Nc3ccc(-c4csc(-c5ccccc5)n4)nc32)c1C.CCO.CCOC(=O)c1c(C)[nH]c(/C=C2\C(=O)Nc3ccc(-c4csc(-c5ccccc5)n4)nc32)c1C.Cc1[nH]c(/C=C2\C(=O)Nc3ccc(-c4csc(-c5ccccc5)n4)cc32)c(C)c1C(=O)O.Cc1[nH]c(/C=C2\C(=O)Nc3ccc(-c4csc(-c5ccccc5)n4)nc32)c(C)c1C(=O)NCCO.NCCO. The predicted molar refractivity (Wildman–Crippen MR) is 576 cm³/mol. The van der Waals surface area contributed by atoms with Crippen LogP contribution in [0.15, 0.2) is 197 Å². The molecule has 0 radical (unpaired) electrons. The minimum atomic E-state index is -0.989. The van der Waals surface area contributed by atoms with Crippen molar-refractivity contribution in [3.63, 3.8) is 0 Å². The van der Waals surface area contributed by atoms with Gasteiger partial charge >= 0.3 is 11.9 Å². The summed E-state index contributed by atoms with van der Waals surface area (Å²) in [5.41, 5.74) is 36.8. The largest absolute Gasteiger partial charge is 0.478 e. The van der Waals surface area contributed by atoms with Crippen LogP contribution < -0.4 is 43.4 Å². The monoisotopic (exact) mass is 2020 g/mol. The van der Waals surface area contributed by atoms with Gasteiger partial charge in [-0.05, 0) is 178 Å². The maximum atomic E-state index is 12.8. The van der Waals surface area contributed by atoms with Gasteiger partial charge in [0.05, 0.1) is 104 Å². The highest BCUT2D eigenvalue weighted by Gasteiger charge is 2.34. The van der Waals surface area contributed by atoms with Crippen molar-refractivity contribution in [1.82, 2.24) is 65.5 Å². The molecule has 0 spiro atoms. The number of benzene rings is 5. The Balaban J connectivity index is 0.000000148. The molecule has 18 N–H and O–H groups in total. The number of carbonyl (C=O) groups excluding carboxylic acids is 7. The number of nitrogens with two attached hydrogens (primary N) is 2. The zero-order valence-corrected chi connectivity index (χ0v) is 84.7. The Morgan fingerprint density at radius 3 is 1.01 bits per heavy atom. The zero-order chi connectivity index (χ0) is 103. The van der Waals surface area contributed by atoms with Crippen LogP contribution in [-0.2, 0) is 23.9 Å². The topological polar surface area (TPSA) is 504 Å². The summed E-state index contributed by atoms with van der Waals surface area (Å²) < 4.78 is 5.17. The number of esters is 1. The van der Waals surface area contributed by atoms with E-state index >= 15 is 0 Å². The van der Waals surface area contributed by atoms with E-state index in [4.69, 9.17) is 66.4 Å². The first-order valence-corrected chi connectivity index (χ1v) is 49.9. The molecule has 0 fully saturated rings. The van der Waals surface area contributed by atoms with Crippen molar-refractivity contribution in [2.24, 2.45) is 11.5 Å². The summed E-state index contributed by atoms with van der Waals surface area (Å²) in [6.45, 7) is 24.0. The number of hydrogen-bond acceptors (Lipinski definition) is 25. The fraction of sp³-hybridized carbons (Fsp3) is 0.183. The Labute approximate surface area is 851 Å². The highest BCUT2D eigenvalue weighted by atomic mass is 32.1. The van der Waals surface area contributed by atoms with E-state index in [0.29, 0.717) is 155 Å². The lowest BCUT2D eigenvalue weighted by Gasteiger charge is -2.04. The van der Waals surface area contributed by atoms with Crippen LogP contribution in [0.3, 0.4) is 0 Å². The molecule has 15 heterocycles. The van der Waals surface area contributed by atoms with Gasteiger partial charge in [-0.25, -0.2) is 44.5 Å². The minimum Gasteiger partial charge on any atom is -0.478 e. The molecule has 740 valence electrons. The smallest absolute Gasteiger partial charge is 0.340 e. The Morgan fingerprint density at radius 1 is 0.372 bits per heavy atom. The molecule has 32 nitrogen and oxygen atoms in total. The van der Waals surface area contributed by atoms with Crippen molar-refractivity contribution in [3.05, 3.63) is 310 Å². The molecule has 36 heteroatoms. The van der Waals surface area contributed by atoms with Gasteiger partial charge in [-0.15, -0.1) is 45.3 Å². The van der Waals surface area contributed by atoms with Gasteiger partial charge < -0.3 is 88.5 Å². The number of aromatic amines is 4. The number of rotatable bonds is 21. The molecule has 0 unspecified atom stereocenters. The first-order valence-electron chi connectivity index (χ1n) is 46.4. The van der Waals surface area contributed by atoms with Gasteiger partial charge in [0.15, 0.2) is 0 Å². The van der Waals surface area contributed by atoms with Crippen LogP contribution in [0.1, 0.15) is 160 Å². The number of hydrogen-bond donors (Lipinski definition) is 16. The molecular formula is C109H107N19O13S4. The van der Waals surface area contributed by atoms with Gasteiger partial charge in [0.2, 0.25) is 0 Å². The number of aryl methyl sites for hydroxylation is 4. The zero-order valence-electron chi connectivity index (χ0n) is 81.4. The third kappa shape index (κ3) is 23.9. The Bertz CT molecular complexity index is 7420. The summed E-state index contributed by atoms with van der Waals surface area (Å²) in [5.74, 6) is -2.72. The van der Waals surface area contributed by atoms with Crippen molar-refractivity contribution in [2.75, 3.05) is 73.9 Å². The second-order valence-electron chi connectivity index (χ2n) is 33.0. The number of aromatic carboxylic acids is 1. The Morgan fingerprint density at radius 2 is 0.676 bits per heavy atom.